The molecule has 0 aliphatic carbocycles. The van der Waals surface area contributed by atoms with E-state index < -0.39 is 0 Å². The molecule has 0 radical (unpaired) electrons. The van der Waals surface area contributed by atoms with Crippen LogP contribution in [0, 0.1) is 6.92 Å². The van der Waals surface area contributed by atoms with Gasteiger partial charge in [-0.15, -0.1) is 0 Å². The quantitative estimate of drug-likeness (QED) is 0.867. The average molecular weight is 260 g/mol. The summed E-state index contributed by atoms with van der Waals surface area (Å²) in [6, 6.07) is 6.27. The fourth-order valence-corrected chi connectivity index (χ4v) is 1.65. The molecule has 0 aliphatic rings. The van der Waals surface area contributed by atoms with Crippen LogP contribution in [0.3, 0.4) is 0 Å². The van der Waals surface area contributed by atoms with Crippen molar-refractivity contribution in [3.63, 3.8) is 0 Å². The van der Waals surface area contributed by atoms with Crippen molar-refractivity contribution in [2.45, 2.75) is 40.0 Å². The molecule has 2 aromatic heterocycles. The number of ether oxygens (including phenoxy) is 1. The van der Waals surface area contributed by atoms with Gasteiger partial charge < -0.3 is 14.5 Å². The predicted octanol–water partition coefficient (Wildman–Crippen LogP) is 3.06. The first-order valence-corrected chi connectivity index (χ1v) is 6.49. The molecule has 0 aliphatic heterocycles. The van der Waals surface area contributed by atoms with Crippen LogP contribution in [0.15, 0.2) is 35.1 Å². The molecule has 2 heterocycles. The summed E-state index contributed by atoms with van der Waals surface area (Å²) >= 11 is 0. The minimum atomic E-state index is 0.423. The molecule has 0 fully saturated rings. The highest BCUT2D eigenvalue weighted by atomic mass is 16.5. The lowest BCUT2D eigenvalue weighted by molar-refractivity contribution is 0.267. The minimum absolute atomic E-state index is 0.423. The summed E-state index contributed by atoms with van der Waals surface area (Å²) in [5.41, 5.74) is 2.11. The maximum atomic E-state index is 5.67. The van der Waals surface area contributed by atoms with Crippen molar-refractivity contribution < 1.29 is 9.15 Å². The van der Waals surface area contributed by atoms with Gasteiger partial charge in [0.15, 0.2) is 0 Å². The van der Waals surface area contributed by atoms with Gasteiger partial charge in [0.25, 0.3) is 0 Å². The van der Waals surface area contributed by atoms with Crippen LogP contribution in [0.2, 0.25) is 0 Å². The molecule has 0 spiro atoms. The van der Waals surface area contributed by atoms with Crippen LogP contribution in [0.25, 0.3) is 0 Å². The van der Waals surface area contributed by atoms with E-state index in [1.807, 2.05) is 25.1 Å². The summed E-state index contributed by atoms with van der Waals surface area (Å²) in [6.45, 7) is 7.40. The molecular weight excluding hydrogens is 240 g/mol. The van der Waals surface area contributed by atoms with E-state index in [1.54, 1.807) is 12.5 Å². The van der Waals surface area contributed by atoms with Crippen LogP contribution in [0.5, 0.6) is 5.75 Å². The highest BCUT2D eigenvalue weighted by Crippen LogP contribution is 2.15. The Balaban J connectivity index is 1.92. The van der Waals surface area contributed by atoms with Gasteiger partial charge in [-0.05, 0) is 25.1 Å². The highest BCUT2D eigenvalue weighted by Gasteiger charge is 2.07. The maximum absolute atomic E-state index is 5.67. The molecule has 4 heteroatoms. The van der Waals surface area contributed by atoms with Gasteiger partial charge in [0.1, 0.15) is 18.1 Å². The third-order valence-electron chi connectivity index (χ3n) is 2.79. The molecule has 4 nitrogen and oxygen atoms in total. The second-order valence-corrected chi connectivity index (χ2v) is 4.83. The first kappa shape index (κ1) is 13.6. The van der Waals surface area contributed by atoms with Gasteiger partial charge in [0.05, 0.1) is 12.5 Å². The van der Waals surface area contributed by atoms with Crippen molar-refractivity contribution in [1.29, 1.82) is 0 Å². The number of hydrogen-bond acceptors (Lipinski definition) is 4. The van der Waals surface area contributed by atoms with Gasteiger partial charge in [0.2, 0.25) is 0 Å². The number of nitrogens with zero attached hydrogens (tertiary/aromatic N) is 1. The molecule has 19 heavy (non-hydrogen) atoms. The molecular formula is C15H20N2O2. The van der Waals surface area contributed by atoms with E-state index in [1.165, 1.54) is 0 Å². The Morgan fingerprint density at radius 3 is 2.84 bits per heavy atom. The fraction of sp³-hybridized carbons (Fsp3) is 0.400. The molecule has 0 saturated carbocycles. The fourth-order valence-electron chi connectivity index (χ4n) is 1.65. The highest BCUT2D eigenvalue weighted by molar-refractivity contribution is 5.21. The van der Waals surface area contributed by atoms with Crippen molar-refractivity contribution in [3.8, 4) is 5.75 Å². The zero-order valence-corrected chi connectivity index (χ0v) is 11.6. The monoisotopic (exact) mass is 260 g/mol. The third kappa shape index (κ3) is 4.10. The van der Waals surface area contributed by atoms with E-state index in [4.69, 9.17) is 9.15 Å². The lowest BCUT2D eigenvalue weighted by Gasteiger charge is -2.09. The molecule has 0 aromatic carbocycles. The smallest absolute Gasteiger partial charge is 0.146 e. The molecule has 102 valence electrons. The van der Waals surface area contributed by atoms with Crippen molar-refractivity contribution in [2.75, 3.05) is 0 Å². The van der Waals surface area contributed by atoms with Crippen LogP contribution in [-0.4, -0.2) is 11.0 Å². The second-order valence-electron chi connectivity index (χ2n) is 4.83. The molecule has 0 bridgehead atoms. The molecule has 2 aromatic rings. The Labute approximate surface area is 113 Å². The number of rotatable bonds is 6. The van der Waals surface area contributed by atoms with Gasteiger partial charge in [-0.1, -0.05) is 13.8 Å². The standard InChI is InChI=1S/C15H20N2O2/c1-11(2)16-8-13-6-7-18-15(13)10-19-14-5-4-12(3)17-9-14/h4-7,9,11,16H,8,10H2,1-3H3. The minimum Gasteiger partial charge on any atom is -0.484 e. The van der Waals surface area contributed by atoms with Crippen molar-refractivity contribution in [1.82, 2.24) is 10.3 Å². The second kappa shape index (κ2) is 6.38. The molecule has 2 rings (SSSR count). The van der Waals surface area contributed by atoms with E-state index in [2.05, 4.69) is 24.1 Å². The van der Waals surface area contributed by atoms with Gasteiger partial charge in [-0.2, -0.15) is 0 Å². The van der Waals surface area contributed by atoms with Gasteiger partial charge in [0, 0.05) is 23.8 Å². The Bertz CT molecular complexity index is 503. The molecule has 0 atom stereocenters. The van der Waals surface area contributed by atoms with Crippen molar-refractivity contribution in [2.24, 2.45) is 0 Å². The first-order valence-electron chi connectivity index (χ1n) is 6.49. The molecule has 0 saturated heterocycles. The van der Waals surface area contributed by atoms with Gasteiger partial charge in [-0.25, -0.2) is 0 Å². The number of aryl methyl sites for hydroxylation is 1. The zero-order valence-electron chi connectivity index (χ0n) is 11.6. The van der Waals surface area contributed by atoms with Crippen molar-refractivity contribution >= 4 is 0 Å². The summed E-state index contributed by atoms with van der Waals surface area (Å²) in [6.07, 6.45) is 3.42. The largest absolute Gasteiger partial charge is 0.484 e. The van der Waals surface area contributed by atoms with E-state index >= 15 is 0 Å². The van der Waals surface area contributed by atoms with E-state index in [-0.39, 0.29) is 0 Å². The van der Waals surface area contributed by atoms with Crippen LogP contribution < -0.4 is 10.1 Å². The molecule has 1 N–H and O–H groups in total. The Kier molecular flexibility index (Phi) is 4.58. The lowest BCUT2D eigenvalue weighted by atomic mass is 10.2. The third-order valence-corrected chi connectivity index (χ3v) is 2.79. The number of aromatic nitrogens is 1. The Hall–Kier alpha value is -1.81. The Morgan fingerprint density at radius 1 is 1.32 bits per heavy atom. The van der Waals surface area contributed by atoms with Gasteiger partial charge in [-0.3, -0.25) is 4.98 Å². The van der Waals surface area contributed by atoms with E-state index in [0.717, 1.165) is 29.3 Å². The van der Waals surface area contributed by atoms with Crippen LogP contribution >= 0.6 is 0 Å². The number of furan rings is 1. The van der Waals surface area contributed by atoms with Crippen LogP contribution in [0.4, 0.5) is 0 Å². The summed E-state index contributed by atoms with van der Waals surface area (Å²) in [5.74, 6) is 1.61. The first-order chi connectivity index (χ1) is 9.15. The summed E-state index contributed by atoms with van der Waals surface area (Å²) in [7, 11) is 0. The lowest BCUT2D eigenvalue weighted by Crippen LogP contribution is -2.22. The summed E-state index contributed by atoms with van der Waals surface area (Å²) in [5, 5.41) is 3.37. The number of pyridine rings is 1. The SMILES string of the molecule is Cc1ccc(OCc2occc2CNC(C)C)cn1. The summed E-state index contributed by atoms with van der Waals surface area (Å²) in [4.78, 5) is 4.19. The molecule has 0 unspecified atom stereocenters. The number of nitrogens with one attached hydrogen (secondary N) is 1. The summed E-state index contributed by atoms with van der Waals surface area (Å²) < 4.78 is 11.1. The normalized spacial score (nSPS) is 10.9. The van der Waals surface area contributed by atoms with Gasteiger partial charge >= 0.3 is 0 Å². The van der Waals surface area contributed by atoms with E-state index in [0.29, 0.717) is 12.6 Å². The molecule has 0 amide bonds. The van der Waals surface area contributed by atoms with Crippen molar-refractivity contribution in [3.05, 3.63) is 47.7 Å². The predicted molar refractivity (Wildman–Crippen MR) is 74.0 cm³/mol. The van der Waals surface area contributed by atoms with E-state index in [9.17, 15) is 0 Å². The average Bonchev–Trinajstić information content (AvgIpc) is 2.83. The Morgan fingerprint density at radius 2 is 2.16 bits per heavy atom. The zero-order chi connectivity index (χ0) is 13.7. The number of hydrogen-bond donors (Lipinski definition) is 1. The van der Waals surface area contributed by atoms with Crippen LogP contribution in [0.1, 0.15) is 30.9 Å². The maximum Gasteiger partial charge on any atom is 0.146 e. The van der Waals surface area contributed by atoms with Crippen LogP contribution in [-0.2, 0) is 13.2 Å². The topological polar surface area (TPSA) is 47.3 Å².